The van der Waals surface area contributed by atoms with Crippen molar-refractivity contribution in [3.63, 3.8) is 0 Å². The summed E-state index contributed by atoms with van der Waals surface area (Å²) in [5.41, 5.74) is 0. The number of carbonyl (C=O) groups is 2. The summed E-state index contributed by atoms with van der Waals surface area (Å²) in [4.78, 5) is 23.3. The average Bonchev–Trinajstić information content (AvgIpc) is 2.32. The van der Waals surface area contributed by atoms with Crippen molar-refractivity contribution < 1.29 is 19.1 Å². The van der Waals surface area contributed by atoms with Crippen molar-refractivity contribution in [2.24, 2.45) is 11.8 Å². The fourth-order valence-corrected chi connectivity index (χ4v) is 1.70. The largest absolute Gasteiger partial charge is 0.422 e. The lowest BCUT2D eigenvalue weighted by atomic mass is 10.2. The van der Waals surface area contributed by atoms with Crippen LogP contribution in [0.3, 0.4) is 0 Å². The van der Waals surface area contributed by atoms with Crippen molar-refractivity contribution in [1.29, 1.82) is 0 Å². The molecule has 1 aromatic carbocycles. The highest BCUT2D eigenvalue weighted by Gasteiger charge is 2.19. The number of halogens is 1. The Morgan fingerprint density at radius 1 is 1.00 bits per heavy atom. The van der Waals surface area contributed by atoms with Crippen LogP contribution in [-0.2, 0) is 9.59 Å². The summed E-state index contributed by atoms with van der Waals surface area (Å²) in [6.07, 6.45) is 0. The van der Waals surface area contributed by atoms with Gasteiger partial charge in [-0.25, -0.2) is 0 Å². The van der Waals surface area contributed by atoms with Crippen molar-refractivity contribution in [1.82, 2.24) is 0 Å². The smallest absolute Gasteiger partial charge is 0.313 e. The first-order valence-electron chi connectivity index (χ1n) is 6.04. The molecule has 0 unspecified atom stereocenters. The number of para-hydroxylation sites is 1. The summed E-state index contributed by atoms with van der Waals surface area (Å²) in [7, 11) is 0. The average molecular weight is 376 g/mol. The third-order valence-corrected chi connectivity index (χ3v) is 3.14. The summed E-state index contributed by atoms with van der Waals surface area (Å²) >= 11 is 2.04. The molecule has 1 aromatic rings. The number of hydrogen-bond donors (Lipinski definition) is 0. The van der Waals surface area contributed by atoms with E-state index in [1.165, 1.54) is 0 Å². The van der Waals surface area contributed by atoms with E-state index in [0.29, 0.717) is 5.75 Å². The highest BCUT2D eigenvalue weighted by molar-refractivity contribution is 14.1. The van der Waals surface area contributed by atoms with Crippen LogP contribution in [-0.4, -0.2) is 11.9 Å². The molecule has 1 rings (SSSR count). The Balaban J connectivity index is 3.02. The van der Waals surface area contributed by atoms with Gasteiger partial charge in [0, 0.05) is 0 Å². The van der Waals surface area contributed by atoms with Crippen LogP contribution >= 0.6 is 22.6 Å². The summed E-state index contributed by atoms with van der Waals surface area (Å²) in [6, 6.07) is 5.15. The molecule has 0 fully saturated rings. The lowest BCUT2D eigenvalue weighted by Crippen LogP contribution is -2.18. The zero-order chi connectivity index (χ0) is 14.6. The molecule has 0 spiro atoms. The van der Waals surface area contributed by atoms with Gasteiger partial charge in [-0.05, 0) is 34.7 Å². The van der Waals surface area contributed by atoms with Gasteiger partial charge in [0.25, 0.3) is 0 Å². The molecule has 0 saturated heterocycles. The minimum absolute atomic E-state index is 0.244. The Morgan fingerprint density at radius 2 is 1.53 bits per heavy atom. The molecule has 0 aliphatic rings. The molecule has 4 nitrogen and oxygen atoms in total. The van der Waals surface area contributed by atoms with Crippen molar-refractivity contribution >= 4 is 34.5 Å². The Labute approximate surface area is 126 Å². The van der Waals surface area contributed by atoms with Gasteiger partial charge in [-0.15, -0.1) is 0 Å². The monoisotopic (exact) mass is 376 g/mol. The van der Waals surface area contributed by atoms with Crippen LogP contribution in [0.4, 0.5) is 0 Å². The van der Waals surface area contributed by atoms with Crippen LogP contribution in [0.2, 0.25) is 0 Å². The summed E-state index contributed by atoms with van der Waals surface area (Å²) in [6.45, 7) is 6.99. The van der Waals surface area contributed by atoms with Crippen molar-refractivity contribution in [3.05, 3.63) is 21.8 Å². The van der Waals surface area contributed by atoms with E-state index in [1.54, 1.807) is 45.9 Å². The maximum absolute atomic E-state index is 11.7. The van der Waals surface area contributed by atoms with E-state index in [-0.39, 0.29) is 29.5 Å². The highest BCUT2D eigenvalue weighted by atomic mass is 127. The number of esters is 2. The van der Waals surface area contributed by atoms with E-state index in [4.69, 9.17) is 9.47 Å². The van der Waals surface area contributed by atoms with Crippen LogP contribution < -0.4 is 9.47 Å². The standard InChI is InChI=1S/C14H17IO4/c1-8(2)13(16)18-11-7-5-6-10(15)12(11)19-14(17)9(3)4/h5-9H,1-4H3. The van der Waals surface area contributed by atoms with Crippen molar-refractivity contribution in [2.45, 2.75) is 27.7 Å². The molecule has 0 heterocycles. The first kappa shape index (κ1) is 15.9. The first-order valence-corrected chi connectivity index (χ1v) is 7.12. The molecule has 0 amide bonds. The molecular weight excluding hydrogens is 359 g/mol. The third kappa shape index (κ3) is 4.49. The molecule has 0 aliphatic carbocycles. The van der Waals surface area contributed by atoms with Crippen LogP contribution in [0.15, 0.2) is 18.2 Å². The second-order valence-electron chi connectivity index (χ2n) is 4.72. The molecule has 104 valence electrons. The van der Waals surface area contributed by atoms with Gasteiger partial charge in [-0.3, -0.25) is 9.59 Å². The summed E-state index contributed by atoms with van der Waals surface area (Å²) in [5, 5.41) is 0. The number of ether oxygens (including phenoxy) is 2. The zero-order valence-corrected chi connectivity index (χ0v) is 13.6. The molecule has 5 heteroatoms. The van der Waals surface area contributed by atoms with Gasteiger partial charge in [0.1, 0.15) is 0 Å². The minimum Gasteiger partial charge on any atom is -0.422 e. The van der Waals surface area contributed by atoms with Gasteiger partial charge >= 0.3 is 11.9 Å². The Bertz CT molecular complexity index is 480. The summed E-state index contributed by atoms with van der Waals surface area (Å²) in [5.74, 6) is -0.624. The topological polar surface area (TPSA) is 52.6 Å². The SMILES string of the molecule is CC(C)C(=O)Oc1cccc(I)c1OC(=O)C(C)C. The van der Waals surface area contributed by atoms with Gasteiger partial charge in [-0.1, -0.05) is 33.8 Å². The van der Waals surface area contributed by atoms with Gasteiger partial charge in [-0.2, -0.15) is 0 Å². The molecule has 0 bridgehead atoms. The van der Waals surface area contributed by atoms with E-state index in [2.05, 4.69) is 0 Å². The number of carbonyl (C=O) groups excluding carboxylic acids is 2. The number of rotatable bonds is 4. The quantitative estimate of drug-likeness (QED) is 0.459. The number of benzene rings is 1. The third-order valence-electron chi connectivity index (χ3n) is 2.29. The lowest BCUT2D eigenvalue weighted by molar-refractivity contribution is -0.140. The molecule has 0 atom stereocenters. The Kier molecular flexibility index (Phi) is 5.78. The molecule has 0 saturated carbocycles. The number of hydrogen-bond acceptors (Lipinski definition) is 4. The lowest BCUT2D eigenvalue weighted by Gasteiger charge is -2.14. The predicted molar refractivity (Wildman–Crippen MR) is 80.1 cm³/mol. The maximum Gasteiger partial charge on any atom is 0.313 e. The Morgan fingerprint density at radius 3 is 2.05 bits per heavy atom. The molecule has 0 N–H and O–H groups in total. The fourth-order valence-electron chi connectivity index (χ4n) is 1.11. The van der Waals surface area contributed by atoms with Crippen molar-refractivity contribution in [3.8, 4) is 11.5 Å². The highest BCUT2D eigenvalue weighted by Crippen LogP contribution is 2.33. The van der Waals surface area contributed by atoms with Crippen LogP contribution in [0.5, 0.6) is 11.5 Å². The second-order valence-corrected chi connectivity index (χ2v) is 5.88. The van der Waals surface area contributed by atoms with E-state index in [9.17, 15) is 9.59 Å². The molecule has 0 aliphatic heterocycles. The molecule has 0 aromatic heterocycles. The predicted octanol–water partition coefficient (Wildman–Crippen LogP) is 3.41. The normalized spacial score (nSPS) is 10.7. The minimum atomic E-state index is -0.358. The van der Waals surface area contributed by atoms with Crippen molar-refractivity contribution in [2.75, 3.05) is 0 Å². The Hall–Kier alpha value is -1.11. The first-order chi connectivity index (χ1) is 8.82. The van der Waals surface area contributed by atoms with Gasteiger partial charge in [0.05, 0.1) is 15.4 Å². The van der Waals surface area contributed by atoms with E-state index in [0.717, 1.165) is 3.57 Å². The van der Waals surface area contributed by atoms with E-state index in [1.807, 2.05) is 22.6 Å². The molecule has 0 radical (unpaired) electrons. The summed E-state index contributed by atoms with van der Waals surface area (Å²) < 4.78 is 11.3. The van der Waals surface area contributed by atoms with Crippen LogP contribution in [0, 0.1) is 15.4 Å². The van der Waals surface area contributed by atoms with E-state index < -0.39 is 0 Å². The van der Waals surface area contributed by atoms with Crippen LogP contribution in [0.1, 0.15) is 27.7 Å². The maximum atomic E-state index is 11.7. The van der Waals surface area contributed by atoms with Crippen LogP contribution in [0.25, 0.3) is 0 Å². The van der Waals surface area contributed by atoms with Gasteiger partial charge in [0.15, 0.2) is 11.5 Å². The fraction of sp³-hybridized carbons (Fsp3) is 0.429. The van der Waals surface area contributed by atoms with Gasteiger partial charge < -0.3 is 9.47 Å². The second kappa shape index (κ2) is 6.88. The molecular formula is C14H17IO4. The molecule has 19 heavy (non-hydrogen) atoms. The van der Waals surface area contributed by atoms with Gasteiger partial charge in [0.2, 0.25) is 0 Å². The zero-order valence-electron chi connectivity index (χ0n) is 11.4. The van der Waals surface area contributed by atoms with E-state index >= 15 is 0 Å².